The fourth-order valence-corrected chi connectivity index (χ4v) is 1.76. The Labute approximate surface area is 98.7 Å². The van der Waals surface area contributed by atoms with Crippen LogP contribution in [0.5, 0.6) is 0 Å². The average molecular weight is 235 g/mol. The highest BCUT2D eigenvalue weighted by molar-refractivity contribution is 6.34. The van der Waals surface area contributed by atoms with Crippen molar-refractivity contribution in [3.05, 3.63) is 41.2 Å². The zero-order valence-corrected chi connectivity index (χ0v) is 9.82. The summed E-state index contributed by atoms with van der Waals surface area (Å²) in [7, 11) is 3.38. The summed E-state index contributed by atoms with van der Waals surface area (Å²) in [4.78, 5) is 17.3. The molecule has 0 bridgehead atoms. The van der Waals surface area contributed by atoms with Crippen molar-refractivity contribution in [3.8, 4) is 0 Å². The van der Waals surface area contributed by atoms with Gasteiger partial charge in [0, 0.05) is 19.5 Å². The van der Waals surface area contributed by atoms with E-state index in [-0.39, 0.29) is 5.91 Å². The van der Waals surface area contributed by atoms with Gasteiger partial charge < -0.3 is 4.90 Å². The predicted octanol–water partition coefficient (Wildman–Crippen LogP) is 2.59. The van der Waals surface area contributed by atoms with E-state index in [4.69, 9.17) is 11.6 Å². The Hall–Kier alpha value is -1.61. The second kappa shape index (κ2) is 4.10. The van der Waals surface area contributed by atoms with E-state index in [1.54, 1.807) is 20.2 Å². The minimum absolute atomic E-state index is 0.146. The van der Waals surface area contributed by atoms with Crippen LogP contribution in [0.15, 0.2) is 30.3 Å². The van der Waals surface area contributed by atoms with Crippen LogP contribution in [0.3, 0.4) is 0 Å². The molecule has 1 amide bonds. The van der Waals surface area contributed by atoms with E-state index in [9.17, 15) is 4.79 Å². The quantitative estimate of drug-likeness (QED) is 0.711. The molecule has 1 heterocycles. The number of hydrogen-bond donors (Lipinski definition) is 0. The molecule has 0 unspecified atom stereocenters. The van der Waals surface area contributed by atoms with Crippen LogP contribution in [0.25, 0.3) is 10.8 Å². The van der Waals surface area contributed by atoms with Gasteiger partial charge in [0.25, 0.3) is 5.91 Å². The third kappa shape index (κ3) is 1.86. The molecule has 0 radical (unpaired) electrons. The van der Waals surface area contributed by atoms with Gasteiger partial charge >= 0.3 is 0 Å². The molecule has 2 rings (SSSR count). The number of benzene rings is 1. The van der Waals surface area contributed by atoms with Gasteiger partial charge in [0.15, 0.2) is 0 Å². The van der Waals surface area contributed by atoms with Crippen LogP contribution in [-0.2, 0) is 0 Å². The Morgan fingerprint density at radius 3 is 2.69 bits per heavy atom. The van der Waals surface area contributed by atoms with Gasteiger partial charge in [-0.1, -0.05) is 35.9 Å². The van der Waals surface area contributed by atoms with Crippen LogP contribution < -0.4 is 0 Å². The van der Waals surface area contributed by atoms with Crippen molar-refractivity contribution < 1.29 is 4.79 Å². The van der Waals surface area contributed by atoms with Crippen molar-refractivity contribution in [2.45, 2.75) is 0 Å². The maximum atomic E-state index is 11.7. The number of amides is 1. The summed E-state index contributed by atoms with van der Waals surface area (Å²) >= 11 is 6.03. The molecule has 0 saturated heterocycles. The second-order valence-corrected chi connectivity index (χ2v) is 4.08. The van der Waals surface area contributed by atoms with Crippen LogP contribution in [0.4, 0.5) is 0 Å². The molecule has 0 spiro atoms. The van der Waals surface area contributed by atoms with Crippen molar-refractivity contribution in [2.24, 2.45) is 0 Å². The molecule has 0 atom stereocenters. The highest BCUT2D eigenvalue weighted by Gasteiger charge is 2.12. The molecular weight excluding hydrogens is 224 g/mol. The molecule has 3 nitrogen and oxygen atoms in total. The van der Waals surface area contributed by atoms with Crippen LogP contribution >= 0.6 is 11.6 Å². The van der Waals surface area contributed by atoms with Crippen LogP contribution in [0.1, 0.15) is 10.5 Å². The predicted molar refractivity (Wildman–Crippen MR) is 64.8 cm³/mol. The van der Waals surface area contributed by atoms with E-state index in [0.29, 0.717) is 10.8 Å². The summed E-state index contributed by atoms with van der Waals surface area (Å²) in [5.74, 6) is -0.146. The molecule has 4 heteroatoms. The molecule has 0 N–H and O–H groups in total. The van der Waals surface area contributed by atoms with Crippen molar-refractivity contribution in [2.75, 3.05) is 14.1 Å². The van der Waals surface area contributed by atoms with Crippen molar-refractivity contribution in [1.29, 1.82) is 0 Å². The molecule has 16 heavy (non-hydrogen) atoms. The summed E-state index contributed by atoms with van der Waals surface area (Å²) in [6.45, 7) is 0. The standard InChI is InChI=1S/C12H11ClN2O/c1-15(2)12(16)10-7-8-5-3-4-6-9(8)11(13)14-10/h3-7H,1-2H3. The summed E-state index contributed by atoms with van der Waals surface area (Å²) in [5, 5.41) is 2.15. The van der Waals surface area contributed by atoms with Gasteiger partial charge in [-0.15, -0.1) is 0 Å². The van der Waals surface area contributed by atoms with Crippen molar-refractivity contribution in [3.63, 3.8) is 0 Å². The van der Waals surface area contributed by atoms with Crippen LogP contribution in [0, 0.1) is 0 Å². The van der Waals surface area contributed by atoms with E-state index in [1.165, 1.54) is 4.90 Å². The van der Waals surface area contributed by atoms with Crippen LogP contribution in [0.2, 0.25) is 5.15 Å². The Kier molecular flexibility index (Phi) is 2.79. The first-order valence-electron chi connectivity index (χ1n) is 4.86. The molecule has 0 aliphatic heterocycles. The van der Waals surface area contributed by atoms with Gasteiger partial charge in [-0.2, -0.15) is 0 Å². The normalized spacial score (nSPS) is 10.4. The maximum Gasteiger partial charge on any atom is 0.272 e. The zero-order chi connectivity index (χ0) is 11.7. The lowest BCUT2D eigenvalue weighted by atomic mass is 10.1. The second-order valence-electron chi connectivity index (χ2n) is 3.72. The minimum atomic E-state index is -0.146. The van der Waals surface area contributed by atoms with E-state index < -0.39 is 0 Å². The Balaban J connectivity index is 2.62. The molecule has 2 aromatic rings. The van der Waals surface area contributed by atoms with Gasteiger partial charge in [-0.05, 0) is 11.5 Å². The van der Waals surface area contributed by atoms with E-state index in [2.05, 4.69) is 4.98 Å². The Morgan fingerprint density at radius 1 is 1.31 bits per heavy atom. The first-order valence-corrected chi connectivity index (χ1v) is 5.24. The van der Waals surface area contributed by atoms with Gasteiger partial charge in [-0.25, -0.2) is 4.98 Å². The molecule has 0 aliphatic rings. The average Bonchev–Trinajstić information content (AvgIpc) is 2.28. The van der Waals surface area contributed by atoms with Crippen molar-refractivity contribution >= 4 is 28.3 Å². The highest BCUT2D eigenvalue weighted by atomic mass is 35.5. The van der Waals surface area contributed by atoms with Gasteiger partial charge in [0.1, 0.15) is 10.8 Å². The lowest BCUT2D eigenvalue weighted by molar-refractivity contribution is 0.0822. The number of rotatable bonds is 1. The van der Waals surface area contributed by atoms with Crippen molar-refractivity contribution in [1.82, 2.24) is 9.88 Å². The first kappa shape index (κ1) is 10.9. The third-order valence-electron chi connectivity index (χ3n) is 2.32. The summed E-state index contributed by atoms with van der Waals surface area (Å²) in [5.41, 5.74) is 0.369. The number of pyridine rings is 1. The molecular formula is C12H11ClN2O. The highest BCUT2D eigenvalue weighted by Crippen LogP contribution is 2.22. The van der Waals surface area contributed by atoms with E-state index in [0.717, 1.165) is 10.8 Å². The summed E-state index contributed by atoms with van der Waals surface area (Å²) in [6.07, 6.45) is 0. The molecule has 1 aromatic carbocycles. The van der Waals surface area contributed by atoms with Crippen LogP contribution in [-0.4, -0.2) is 29.9 Å². The molecule has 0 fully saturated rings. The lowest BCUT2D eigenvalue weighted by Crippen LogP contribution is -2.22. The lowest BCUT2D eigenvalue weighted by Gasteiger charge is -2.10. The molecule has 0 saturated carbocycles. The monoisotopic (exact) mass is 234 g/mol. The van der Waals surface area contributed by atoms with Gasteiger partial charge in [0.2, 0.25) is 0 Å². The van der Waals surface area contributed by atoms with Gasteiger partial charge in [0.05, 0.1) is 0 Å². The third-order valence-corrected chi connectivity index (χ3v) is 2.61. The van der Waals surface area contributed by atoms with Gasteiger partial charge in [-0.3, -0.25) is 4.79 Å². The minimum Gasteiger partial charge on any atom is -0.343 e. The maximum absolute atomic E-state index is 11.7. The number of halogens is 1. The SMILES string of the molecule is CN(C)C(=O)c1cc2ccccc2c(Cl)n1. The van der Waals surface area contributed by atoms with E-state index >= 15 is 0 Å². The fourth-order valence-electron chi connectivity index (χ4n) is 1.49. The Morgan fingerprint density at radius 2 is 2.00 bits per heavy atom. The number of hydrogen-bond acceptors (Lipinski definition) is 2. The topological polar surface area (TPSA) is 33.2 Å². The molecule has 1 aromatic heterocycles. The number of carbonyl (C=O) groups excluding carboxylic acids is 1. The summed E-state index contributed by atoms with van der Waals surface area (Å²) in [6, 6.07) is 9.35. The first-order chi connectivity index (χ1) is 7.59. The fraction of sp³-hybridized carbons (Fsp3) is 0.167. The zero-order valence-electron chi connectivity index (χ0n) is 9.07. The number of nitrogens with zero attached hydrogens (tertiary/aromatic N) is 2. The Bertz CT molecular complexity index is 552. The largest absolute Gasteiger partial charge is 0.343 e. The smallest absolute Gasteiger partial charge is 0.272 e. The number of fused-ring (bicyclic) bond motifs is 1. The number of aromatic nitrogens is 1. The van der Waals surface area contributed by atoms with E-state index in [1.807, 2.05) is 24.3 Å². The number of carbonyl (C=O) groups is 1. The molecule has 0 aliphatic carbocycles. The summed E-state index contributed by atoms with van der Waals surface area (Å²) < 4.78 is 0. The molecule has 82 valence electrons.